The van der Waals surface area contributed by atoms with Gasteiger partial charge in [-0.1, -0.05) is 0 Å². The molecule has 0 aliphatic carbocycles. The Balaban J connectivity index is 3.11. The molecule has 0 atom stereocenters. The Morgan fingerprint density at radius 1 is 1.00 bits per heavy atom. The molecule has 0 bridgehead atoms. The number of H-pyrrole nitrogens is 3. The van der Waals surface area contributed by atoms with Crippen LogP contribution in [0.4, 0.5) is 0 Å². The summed E-state index contributed by atoms with van der Waals surface area (Å²) >= 11 is 0. The lowest BCUT2D eigenvalue weighted by Crippen LogP contribution is -2.24. The number of pyridine rings is 1. The van der Waals surface area contributed by atoms with Gasteiger partial charge in [-0.15, -0.1) is 0 Å². The molecule has 0 aliphatic heterocycles. The van der Waals surface area contributed by atoms with Crippen molar-refractivity contribution in [1.29, 1.82) is 0 Å². The third kappa shape index (κ3) is 1.11. The van der Waals surface area contributed by atoms with E-state index in [2.05, 4.69) is 9.97 Å². The van der Waals surface area contributed by atoms with E-state index in [9.17, 15) is 14.4 Å². The van der Waals surface area contributed by atoms with Gasteiger partial charge in [0.2, 0.25) is 0 Å². The first-order valence-electron chi connectivity index (χ1n) is 3.66. The van der Waals surface area contributed by atoms with Gasteiger partial charge in [0.05, 0.1) is 5.39 Å². The van der Waals surface area contributed by atoms with Crippen molar-refractivity contribution in [3.63, 3.8) is 0 Å². The molecular formula is C7H5N3O4. The summed E-state index contributed by atoms with van der Waals surface area (Å²) in [7, 11) is 0. The monoisotopic (exact) mass is 195 g/mol. The molecule has 0 unspecified atom stereocenters. The predicted octanol–water partition coefficient (Wildman–Crippen LogP) is -1.39. The second-order valence-electron chi connectivity index (χ2n) is 2.68. The van der Waals surface area contributed by atoms with E-state index in [1.54, 1.807) is 0 Å². The van der Waals surface area contributed by atoms with Crippen molar-refractivity contribution in [3.05, 3.63) is 37.3 Å². The van der Waals surface area contributed by atoms with Crippen molar-refractivity contribution in [2.75, 3.05) is 0 Å². The third-order valence-corrected chi connectivity index (χ3v) is 1.73. The minimum Gasteiger partial charge on any atom is -0.503 e. The second kappa shape index (κ2) is 2.59. The minimum atomic E-state index is -0.765. The lowest BCUT2D eigenvalue weighted by atomic mass is 10.3. The van der Waals surface area contributed by atoms with Gasteiger partial charge in [0.25, 0.3) is 11.1 Å². The van der Waals surface area contributed by atoms with E-state index in [1.165, 1.54) is 0 Å². The van der Waals surface area contributed by atoms with Crippen LogP contribution in [-0.2, 0) is 0 Å². The van der Waals surface area contributed by atoms with E-state index in [0.29, 0.717) is 0 Å². The Bertz CT molecular complexity index is 663. The highest BCUT2D eigenvalue weighted by Gasteiger charge is 2.04. The molecule has 2 aromatic rings. The number of aromatic nitrogens is 3. The number of nitrogens with one attached hydrogen (secondary N) is 3. The molecule has 0 amide bonds. The maximum Gasteiger partial charge on any atom is 0.327 e. The van der Waals surface area contributed by atoms with E-state index >= 15 is 0 Å². The number of rotatable bonds is 0. The molecule has 0 aliphatic rings. The molecule has 0 radical (unpaired) electrons. The molecule has 4 N–H and O–H groups in total. The molecule has 7 heteroatoms. The summed E-state index contributed by atoms with van der Waals surface area (Å²) in [5.74, 6) is -0.574. The van der Waals surface area contributed by atoms with E-state index in [1.807, 2.05) is 4.98 Å². The predicted molar refractivity (Wildman–Crippen MR) is 47.5 cm³/mol. The standard InChI is InChI=1S/C7H5N3O4/c11-3-1-2-4(8-6(3)13)9-7(14)10-5(2)12/h1,11H,(H3,8,9,10,12,13,14). The lowest BCUT2D eigenvalue weighted by molar-refractivity contribution is 0.468. The Morgan fingerprint density at radius 3 is 2.43 bits per heavy atom. The molecule has 2 rings (SSSR count). The third-order valence-electron chi connectivity index (χ3n) is 1.73. The van der Waals surface area contributed by atoms with Gasteiger partial charge in [-0.25, -0.2) is 4.79 Å². The smallest absolute Gasteiger partial charge is 0.327 e. The van der Waals surface area contributed by atoms with Crippen LogP contribution in [0.15, 0.2) is 20.4 Å². The van der Waals surface area contributed by atoms with E-state index in [4.69, 9.17) is 5.11 Å². The quantitative estimate of drug-likeness (QED) is 0.413. The second-order valence-corrected chi connectivity index (χ2v) is 2.68. The lowest BCUT2D eigenvalue weighted by Gasteiger charge is -1.95. The van der Waals surface area contributed by atoms with Crippen molar-refractivity contribution in [2.24, 2.45) is 0 Å². The first-order valence-corrected chi connectivity index (χ1v) is 3.66. The SMILES string of the molecule is O=c1[nH]c(=O)c2cc(O)c(=O)[nH]c2[nH]1. The molecule has 7 nitrogen and oxygen atoms in total. The zero-order chi connectivity index (χ0) is 10.3. The number of aromatic amines is 3. The first-order chi connectivity index (χ1) is 6.58. The summed E-state index contributed by atoms with van der Waals surface area (Å²) < 4.78 is 0. The van der Waals surface area contributed by atoms with Crippen LogP contribution in [0, 0.1) is 0 Å². The Labute approximate surface area is 75.1 Å². The average Bonchev–Trinajstić information content (AvgIpc) is 2.08. The summed E-state index contributed by atoms with van der Waals surface area (Å²) in [6, 6.07) is 0.989. The molecule has 0 saturated heterocycles. The fourth-order valence-corrected chi connectivity index (χ4v) is 1.11. The molecule has 0 aromatic carbocycles. The average molecular weight is 195 g/mol. The molecule has 0 fully saturated rings. The number of hydrogen-bond acceptors (Lipinski definition) is 4. The van der Waals surface area contributed by atoms with Crippen molar-refractivity contribution in [1.82, 2.24) is 15.0 Å². The van der Waals surface area contributed by atoms with Crippen molar-refractivity contribution in [2.45, 2.75) is 0 Å². The van der Waals surface area contributed by atoms with E-state index in [0.717, 1.165) is 6.07 Å². The maximum absolute atomic E-state index is 11.2. The van der Waals surface area contributed by atoms with Crippen LogP contribution in [-0.4, -0.2) is 20.1 Å². The van der Waals surface area contributed by atoms with Gasteiger partial charge in [0.15, 0.2) is 5.75 Å². The normalized spacial score (nSPS) is 10.6. The van der Waals surface area contributed by atoms with Crippen LogP contribution in [0.3, 0.4) is 0 Å². The van der Waals surface area contributed by atoms with Gasteiger partial charge < -0.3 is 10.1 Å². The van der Waals surface area contributed by atoms with Gasteiger partial charge in [-0.3, -0.25) is 19.6 Å². The van der Waals surface area contributed by atoms with Gasteiger partial charge >= 0.3 is 5.69 Å². The van der Waals surface area contributed by atoms with Gasteiger partial charge in [0, 0.05) is 6.07 Å². The van der Waals surface area contributed by atoms with E-state index in [-0.39, 0.29) is 11.0 Å². The molecule has 0 spiro atoms. The van der Waals surface area contributed by atoms with Crippen LogP contribution in [0.25, 0.3) is 11.0 Å². The van der Waals surface area contributed by atoms with Crippen molar-refractivity contribution >= 4 is 11.0 Å². The highest BCUT2D eigenvalue weighted by atomic mass is 16.3. The summed E-state index contributed by atoms with van der Waals surface area (Å²) in [5.41, 5.74) is -2.17. The highest BCUT2D eigenvalue weighted by Crippen LogP contribution is 2.04. The van der Waals surface area contributed by atoms with Crippen molar-refractivity contribution < 1.29 is 5.11 Å². The molecule has 0 saturated carbocycles. The summed E-state index contributed by atoms with van der Waals surface area (Å²) in [4.78, 5) is 39.2. The van der Waals surface area contributed by atoms with Crippen LogP contribution in [0.2, 0.25) is 0 Å². The zero-order valence-electron chi connectivity index (χ0n) is 6.75. The minimum absolute atomic E-state index is 0.0125. The van der Waals surface area contributed by atoms with Crippen LogP contribution in [0.5, 0.6) is 5.75 Å². The zero-order valence-corrected chi connectivity index (χ0v) is 6.75. The van der Waals surface area contributed by atoms with Gasteiger partial charge in [0.1, 0.15) is 5.65 Å². The fourth-order valence-electron chi connectivity index (χ4n) is 1.11. The van der Waals surface area contributed by atoms with Crippen LogP contribution in [0.1, 0.15) is 0 Å². The largest absolute Gasteiger partial charge is 0.503 e. The molecule has 2 heterocycles. The Morgan fingerprint density at radius 2 is 1.71 bits per heavy atom. The Hall–Kier alpha value is -2.31. The van der Waals surface area contributed by atoms with Crippen molar-refractivity contribution in [3.8, 4) is 5.75 Å². The summed E-state index contributed by atoms with van der Waals surface area (Å²) in [6.45, 7) is 0. The first kappa shape index (κ1) is 8.30. The Kier molecular flexibility index (Phi) is 1.53. The van der Waals surface area contributed by atoms with Gasteiger partial charge in [-0.2, -0.15) is 0 Å². The fraction of sp³-hybridized carbons (Fsp3) is 0. The highest BCUT2D eigenvalue weighted by molar-refractivity contribution is 5.74. The van der Waals surface area contributed by atoms with Crippen LogP contribution < -0.4 is 16.8 Å². The molecule has 14 heavy (non-hydrogen) atoms. The maximum atomic E-state index is 11.2. The number of hydrogen-bond donors (Lipinski definition) is 4. The molecular weight excluding hydrogens is 190 g/mol. The summed E-state index contributed by atoms with van der Waals surface area (Å²) in [6.07, 6.45) is 0. The van der Waals surface area contributed by atoms with E-state index < -0.39 is 22.6 Å². The number of fused-ring (bicyclic) bond motifs is 1. The topological polar surface area (TPSA) is 119 Å². The molecule has 2 aromatic heterocycles. The van der Waals surface area contributed by atoms with Crippen LogP contribution >= 0.6 is 0 Å². The number of aromatic hydroxyl groups is 1. The summed E-state index contributed by atoms with van der Waals surface area (Å²) in [5, 5.41) is 9.04. The molecule has 72 valence electrons. The van der Waals surface area contributed by atoms with Gasteiger partial charge in [-0.05, 0) is 0 Å².